The minimum absolute atomic E-state index is 0.131. The van der Waals surface area contributed by atoms with Crippen molar-refractivity contribution in [3.63, 3.8) is 0 Å². The summed E-state index contributed by atoms with van der Waals surface area (Å²) in [5.41, 5.74) is 2.38. The number of rotatable bonds is 4. The van der Waals surface area contributed by atoms with Crippen LogP contribution < -0.4 is 5.32 Å². The summed E-state index contributed by atoms with van der Waals surface area (Å²) in [6, 6.07) is 25.7. The molecular weight excluding hydrogens is 286 g/mol. The Balaban J connectivity index is 1.97. The van der Waals surface area contributed by atoms with Gasteiger partial charge in [-0.15, -0.1) is 0 Å². The van der Waals surface area contributed by atoms with Crippen LogP contribution in [0.4, 0.5) is 5.69 Å². The Morgan fingerprint density at radius 2 is 1.39 bits per heavy atom. The molecule has 0 fully saturated rings. The van der Waals surface area contributed by atoms with Crippen LogP contribution in [0.15, 0.2) is 84.9 Å². The number of anilines is 1. The molecule has 0 saturated heterocycles. The van der Waals surface area contributed by atoms with Crippen molar-refractivity contribution in [2.75, 3.05) is 5.32 Å². The van der Waals surface area contributed by atoms with Crippen LogP contribution in [0.5, 0.6) is 5.75 Å². The van der Waals surface area contributed by atoms with Gasteiger partial charge < -0.3 is 10.4 Å². The first kappa shape index (κ1) is 14.9. The van der Waals surface area contributed by atoms with Gasteiger partial charge in [-0.3, -0.25) is 4.79 Å². The van der Waals surface area contributed by atoms with E-state index < -0.39 is 5.92 Å². The van der Waals surface area contributed by atoms with Gasteiger partial charge in [0.15, 0.2) is 0 Å². The molecule has 3 heteroatoms. The number of para-hydroxylation sites is 1. The van der Waals surface area contributed by atoms with E-state index in [0.717, 1.165) is 16.8 Å². The zero-order chi connectivity index (χ0) is 16.1. The molecule has 0 aliphatic rings. The Kier molecular flexibility index (Phi) is 4.39. The molecule has 3 rings (SSSR count). The first-order valence-electron chi connectivity index (χ1n) is 7.44. The average molecular weight is 303 g/mol. The lowest BCUT2D eigenvalue weighted by Crippen LogP contribution is -2.22. The Bertz CT molecular complexity index is 785. The van der Waals surface area contributed by atoms with Gasteiger partial charge in [0, 0.05) is 5.69 Å². The van der Waals surface area contributed by atoms with Crippen molar-refractivity contribution in [1.82, 2.24) is 0 Å². The Morgan fingerprint density at radius 3 is 2.04 bits per heavy atom. The van der Waals surface area contributed by atoms with Crippen molar-refractivity contribution < 1.29 is 9.90 Å². The fraction of sp³-hybridized carbons (Fsp3) is 0.0500. The van der Waals surface area contributed by atoms with Crippen molar-refractivity contribution in [2.45, 2.75) is 5.92 Å². The normalized spacial score (nSPS) is 11.7. The molecule has 0 heterocycles. The molecule has 0 aliphatic heterocycles. The second-order valence-electron chi connectivity index (χ2n) is 5.29. The number of amides is 1. The van der Waals surface area contributed by atoms with E-state index in [4.69, 9.17) is 0 Å². The molecule has 3 aromatic carbocycles. The smallest absolute Gasteiger partial charge is 0.236 e. The van der Waals surface area contributed by atoms with Crippen LogP contribution in [0.1, 0.15) is 17.0 Å². The highest BCUT2D eigenvalue weighted by Crippen LogP contribution is 2.28. The fourth-order valence-electron chi connectivity index (χ4n) is 2.58. The highest BCUT2D eigenvalue weighted by atomic mass is 16.3. The summed E-state index contributed by atoms with van der Waals surface area (Å²) in [7, 11) is 0. The molecular formula is C20H17NO2. The van der Waals surface area contributed by atoms with Gasteiger partial charge in [-0.1, -0.05) is 60.7 Å². The molecule has 3 nitrogen and oxygen atoms in total. The van der Waals surface area contributed by atoms with Gasteiger partial charge >= 0.3 is 0 Å². The third-order valence-corrected chi connectivity index (χ3v) is 3.64. The van der Waals surface area contributed by atoms with Crippen molar-refractivity contribution >= 4 is 11.6 Å². The number of hydrogen-bond donors (Lipinski definition) is 2. The molecule has 114 valence electrons. The Morgan fingerprint density at radius 1 is 0.783 bits per heavy atom. The second kappa shape index (κ2) is 6.79. The zero-order valence-corrected chi connectivity index (χ0v) is 12.5. The largest absolute Gasteiger partial charge is 0.508 e. The molecule has 0 saturated carbocycles. The van der Waals surface area contributed by atoms with Crippen LogP contribution in [-0.2, 0) is 4.79 Å². The summed E-state index contributed by atoms with van der Waals surface area (Å²) >= 11 is 0. The Hall–Kier alpha value is -3.07. The van der Waals surface area contributed by atoms with Crippen LogP contribution in [0.25, 0.3) is 0 Å². The van der Waals surface area contributed by atoms with E-state index in [0.29, 0.717) is 0 Å². The Labute approximate surface area is 135 Å². The highest BCUT2D eigenvalue weighted by Gasteiger charge is 2.23. The van der Waals surface area contributed by atoms with Crippen molar-refractivity contribution in [1.29, 1.82) is 0 Å². The fourth-order valence-corrected chi connectivity index (χ4v) is 2.58. The van der Waals surface area contributed by atoms with Gasteiger partial charge in [-0.05, 0) is 35.4 Å². The van der Waals surface area contributed by atoms with Gasteiger partial charge in [0.25, 0.3) is 0 Å². The molecule has 1 atom stereocenters. The number of benzene rings is 3. The maximum absolute atomic E-state index is 12.8. The average Bonchev–Trinajstić information content (AvgIpc) is 2.57. The van der Waals surface area contributed by atoms with E-state index >= 15 is 0 Å². The van der Waals surface area contributed by atoms with Crippen molar-refractivity contribution in [2.24, 2.45) is 0 Å². The van der Waals surface area contributed by atoms with Gasteiger partial charge in [-0.2, -0.15) is 0 Å². The van der Waals surface area contributed by atoms with Crippen LogP contribution in [0.2, 0.25) is 0 Å². The van der Waals surface area contributed by atoms with Crippen LogP contribution in [0, 0.1) is 0 Å². The molecule has 23 heavy (non-hydrogen) atoms. The molecule has 0 aliphatic carbocycles. The maximum Gasteiger partial charge on any atom is 0.236 e. The maximum atomic E-state index is 12.8. The van der Waals surface area contributed by atoms with Crippen LogP contribution in [0.3, 0.4) is 0 Å². The summed E-state index contributed by atoms with van der Waals surface area (Å²) in [5, 5.41) is 12.7. The quantitative estimate of drug-likeness (QED) is 0.760. The molecule has 0 bridgehead atoms. The molecule has 0 spiro atoms. The van der Waals surface area contributed by atoms with Gasteiger partial charge in [0.2, 0.25) is 5.91 Å². The first-order chi connectivity index (χ1) is 11.2. The van der Waals surface area contributed by atoms with Crippen molar-refractivity contribution in [3.8, 4) is 5.75 Å². The van der Waals surface area contributed by atoms with Gasteiger partial charge in [0.1, 0.15) is 5.75 Å². The van der Waals surface area contributed by atoms with Gasteiger partial charge in [0.05, 0.1) is 5.92 Å². The number of aromatic hydroxyl groups is 1. The zero-order valence-electron chi connectivity index (χ0n) is 12.5. The summed E-state index contributed by atoms with van der Waals surface area (Å²) in [6.07, 6.45) is 0. The molecule has 2 N–H and O–H groups in total. The van der Waals surface area contributed by atoms with E-state index in [9.17, 15) is 9.90 Å². The molecule has 1 amide bonds. The predicted molar refractivity (Wildman–Crippen MR) is 91.5 cm³/mol. The first-order valence-corrected chi connectivity index (χ1v) is 7.44. The summed E-state index contributed by atoms with van der Waals surface area (Å²) in [5.74, 6) is -0.465. The number of nitrogens with one attached hydrogen (secondary N) is 1. The van der Waals surface area contributed by atoms with E-state index in [-0.39, 0.29) is 11.7 Å². The molecule has 3 aromatic rings. The lowest BCUT2D eigenvalue weighted by molar-refractivity contribution is -0.116. The summed E-state index contributed by atoms with van der Waals surface area (Å²) in [6.45, 7) is 0. The van der Waals surface area contributed by atoms with Crippen LogP contribution in [-0.4, -0.2) is 11.0 Å². The monoisotopic (exact) mass is 303 g/mol. The number of carbonyl (C=O) groups excluding carboxylic acids is 1. The summed E-state index contributed by atoms with van der Waals surface area (Å²) < 4.78 is 0. The topological polar surface area (TPSA) is 49.3 Å². The third kappa shape index (κ3) is 3.58. The lowest BCUT2D eigenvalue weighted by atomic mass is 9.90. The number of carbonyl (C=O) groups is 1. The van der Waals surface area contributed by atoms with Gasteiger partial charge in [-0.25, -0.2) is 0 Å². The number of hydrogen-bond acceptors (Lipinski definition) is 2. The lowest BCUT2D eigenvalue weighted by Gasteiger charge is -2.18. The van der Waals surface area contributed by atoms with Crippen molar-refractivity contribution in [3.05, 3.63) is 96.1 Å². The second-order valence-corrected chi connectivity index (χ2v) is 5.29. The SMILES string of the molecule is O=C(Nc1ccccc1)C(c1ccccc1)c1cccc(O)c1. The molecule has 1 unspecified atom stereocenters. The predicted octanol–water partition coefficient (Wildman–Crippen LogP) is 4.16. The number of phenolic OH excluding ortho intramolecular Hbond substituents is 1. The highest BCUT2D eigenvalue weighted by molar-refractivity contribution is 5.98. The van der Waals surface area contributed by atoms with E-state index in [1.165, 1.54) is 0 Å². The minimum Gasteiger partial charge on any atom is -0.508 e. The minimum atomic E-state index is -0.483. The molecule has 0 radical (unpaired) electrons. The third-order valence-electron chi connectivity index (χ3n) is 3.64. The van der Waals surface area contributed by atoms with E-state index in [2.05, 4.69) is 5.32 Å². The molecule has 0 aromatic heterocycles. The standard InChI is InChI=1S/C20H17NO2/c22-18-13-7-10-16(14-18)19(15-8-3-1-4-9-15)20(23)21-17-11-5-2-6-12-17/h1-14,19,22H,(H,21,23). The number of phenols is 1. The van der Waals surface area contributed by atoms with Crippen LogP contribution >= 0.6 is 0 Å². The van der Waals surface area contributed by atoms with E-state index in [1.807, 2.05) is 66.7 Å². The van der Waals surface area contributed by atoms with E-state index in [1.54, 1.807) is 18.2 Å². The summed E-state index contributed by atoms with van der Waals surface area (Å²) in [4.78, 5) is 12.8.